The molecule has 0 unspecified atom stereocenters. The van der Waals surface area contributed by atoms with E-state index < -0.39 is 0 Å². The van der Waals surface area contributed by atoms with Crippen molar-refractivity contribution in [2.45, 2.75) is 83.6 Å². The lowest BCUT2D eigenvalue weighted by Crippen LogP contribution is -2.45. The van der Waals surface area contributed by atoms with Crippen LogP contribution >= 0.6 is 0 Å². The highest BCUT2D eigenvalue weighted by Crippen LogP contribution is 2.35. The lowest BCUT2D eigenvalue weighted by molar-refractivity contribution is 0.221. The molecular formula is C20H33N. The largest absolute Gasteiger partial charge is 0.325 e. The summed E-state index contributed by atoms with van der Waals surface area (Å²) in [6.45, 7) is 6.78. The Hall–Kier alpha value is -0.820. The van der Waals surface area contributed by atoms with E-state index in [2.05, 4.69) is 45.0 Å². The van der Waals surface area contributed by atoms with Crippen LogP contribution < -0.4 is 5.73 Å². The summed E-state index contributed by atoms with van der Waals surface area (Å²) in [5.41, 5.74) is 9.56. The van der Waals surface area contributed by atoms with Gasteiger partial charge in [0.2, 0.25) is 0 Å². The molecule has 0 amide bonds. The van der Waals surface area contributed by atoms with E-state index in [1.54, 1.807) is 0 Å². The second kappa shape index (κ2) is 7.45. The third-order valence-corrected chi connectivity index (χ3v) is 5.27. The van der Waals surface area contributed by atoms with E-state index >= 15 is 0 Å². The first-order valence-corrected chi connectivity index (χ1v) is 8.90. The van der Waals surface area contributed by atoms with Crippen LogP contribution in [0.2, 0.25) is 0 Å². The second-order valence-electron chi connectivity index (χ2n) is 7.52. The normalized spacial score (nSPS) is 26.2. The van der Waals surface area contributed by atoms with Gasteiger partial charge in [-0.05, 0) is 55.1 Å². The molecule has 2 N–H and O–H groups in total. The predicted molar refractivity (Wildman–Crippen MR) is 92.6 cm³/mol. The van der Waals surface area contributed by atoms with Crippen LogP contribution in [0.1, 0.15) is 82.8 Å². The third kappa shape index (κ3) is 4.85. The van der Waals surface area contributed by atoms with Crippen molar-refractivity contribution in [3.8, 4) is 0 Å². The van der Waals surface area contributed by atoms with Gasteiger partial charge in [-0.25, -0.2) is 0 Å². The van der Waals surface area contributed by atoms with Crippen LogP contribution in [0.15, 0.2) is 24.3 Å². The minimum absolute atomic E-state index is 0.0437. The fourth-order valence-electron chi connectivity index (χ4n) is 3.64. The molecule has 1 aromatic rings. The monoisotopic (exact) mass is 287 g/mol. The molecule has 1 aliphatic carbocycles. The molecular weight excluding hydrogens is 254 g/mol. The Labute approximate surface area is 131 Å². The van der Waals surface area contributed by atoms with Crippen LogP contribution in [0.5, 0.6) is 0 Å². The molecule has 0 aromatic heterocycles. The van der Waals surface area contributed by atoms with Crippen LogP contribution in [0.4, 0.5) is 0 Å². The smallest absolute Gasteiger partial charge is 0.0195 e. The molecule has 0 heterocycles. The van der Waals surface area contributed by atoms with Crippen molar-refractivity contribution in [3.63, 3.8) is 0 Å². The summed E-state index contributed by atoms with van der Waals surface area (Å²) >= 11 is 0. The van der Waals surface area contributed by atoms with Gasteiger partial charge in [-0.15, -0.1) is 0 Å². The summed E-state index contributed by atoms with van der Waals surface area (Å²) < 4.78 is 0. The minimum Gasteiger partial charge on any atom is -0.325 e. The minimum atomic E-state index is 0.0437. The summed E-state index contributed by atoms with van der Waals surface area (Å²) in [6, 6.07) is 9.12. The van der Waals surface area contributed by atoms with E-state index in [4.69, 9.17) is 5.73 Å². The molecule has 21 heavy (non-hydrogen) atoms. The summed E-state index contributed by atoms with van der Waals surface area (Å²) in [7, 11) is 0. The Morgan fingerprint density at radius 2 is 1.76 bits per heavy atom. The van der Waals surface area contributed by atoms with Gasteiger partial charge in [-0.3, -0.25) is 0 Å². The Morgan fingerprint density at radius 3 is 2.29 bits per heavy atom. The SMILES string of the molecule is CCCCC1CCC(N)(Cc2ccc(C(C)C)cc2)CC1. The quantitative estimate of drug-likeness (QED) is 0.741. The van der Waals surface area contributed by atoms with Gasteiger partial charge in [0.15, 0.2) is 0 Å². The molecule has 1 heteroatoms. The van der Waals surface area contributed by atoms with Crippen LogP contribution in [0.3, 0.4) is 0 Å². The molecule has 1 aromatic carbocycles. The average molecular weight is 287 g/mol. The molecule has 1 aliphatic rings. The second-order valence-corrected chi connectivity index (χ2v) is 7.52. The van der Waals surface area contributed by atoms with Crippen molar-refractivity contribution in [1.82, 2.24) is 0 Å². The molecule has 0 aliphatic heterocycles. The first-order chi connectivity index (χ1) is 10.0. The summed E-state index contributed by atoms with van der Waals surface area (Å²) in [5, 5.41) is 0. The van der Waals surface area contributed by atoms with Crippen LogP contribution in [-0.2, 0) is 6.42 Å². The summed E-state index contributed by atoms with van der Waals surface area (Å²) in [5.74, 6) is 1.55. The van der Waals surface area contributed by atoms with Crippen molar-refractivity contribution in [1.29, 1.82) is 0 Å². The lowest BCUT2D eigenvalue weighted by atomic mass is 9.73. The van der Waals surface area contributed by atoms with Gasteiger partial charge >= 0.3 is 0 Å². The van der Waals surface area contributed by atoms with E-state index in [9.17, 15) is 0 Å². The van der Waals surface area contributed by atoms with E-state index in [0.29, 0.717) is 5.92 Å². The van der Waals surface area contributed by atoms with Gasteiger partial charge in [0.1, 0.15) is 0 Å². The molecule has 118 valence electrons. The van der Waals surface area contributed by atoms with Crippen molar-refractivity contribution in [3.05, 3.63) is 35.4 Å². The number of rotatable bonds is 6. The van der Waals surface area contributed by atoms with Crippen molar-refractivity contribution >= 4 is 0 Å². The zero-order valence-electron chi connectivity index (χ0n) is 14.2. The molecule has 2 rings (SSSR count). The maximum Gasteiger partial charge on any atom is 0.0195 e. The number of benzene rings is 1. The number of unbranched alkanes of at least 4 members (excludes halogenated alkanes) is 1. The summed E-state index contributed by atoms with van der Waals surface area (Å²) in [6.07, 6.45) is 10.2. The van der Waals surface area contributed by atoms with Gasteiger partial charge in [-0.2, -0.15) is 0 Å². The van der Waals surface area contributed by atoms with Gasteiger partial charge in [-0.1, -0.05) is 64.3 Å². The maximum absolute atomic E-state index is 6.68. The summed E-state index contributed by atoms with van der Waals surface area (Å²) in [4.78, 5) is 0. The Bertz CT molecular complexity index is 410. The van der Waals surface area contributed by atoms with E-state index in [-0.39, 0.29) is 5.54 Å². The van der Waals surface area contributed by atoms with E-state index in [1.807, 2.05) is 0 Å². The highest BCUT2D eigenvalue weighted by molar-refractivity contribution is 5.26. The topological polar surface area (TPSA) is 26.0 Å². The van der Waals surface area contributed by atoms with Crippen molar-refractivity contribution < 1.29 is 0 Å². The first-order valence-electron chi connectivity index (χ1n) is 8.90. The zero-order valence-corrected chi connectivity index (χ0v) is 14.2. The van der Waals surface area contributed by atoms with Crippen molar-refractivity contribution in [2.75, 3.05) is 0 Å². The fourth-order valence-corrected chi connectivity index (χ4v) is 3.64. The number of hydrogen-bond donors (Lipinski definition) is 1. The van der Waals surface area contributed by atoms with Crippen LogP contribution in [0.25, 0.3) is 0 Å². The third-order valence-electron chi connectivity index (χ3n) is 5.27. The molecule has 0 spiro atoms. The first kappa shape index (κ1) is 16.5. The van der Waals surface area contributed by atoms with Gasteiger partial charge < -0.3 is 5.73 Å². The lowest BCUT2D eigenvalue weighted by Gasteiger charge is -2.37. The molecule has 0 radical (unpaired) electrons. The number of hydrogen-bond acceptors (Lipinski definition) is 1. The Balaban J connectivity index is 1.87. The zero-order chi connectivity index (χ0) is 15.3. The molecule has 0 bridgehead atoms. The Kier molecular flexibility index (Phi) is 5.87. The predicted octanol–water partition coefficient (Wildman–Crippen LogP) is 5.43. The molecule has 1 saturated carbocycles. The molecule has 1 nitrogen and oxygen atoms in total. The Morgan fingerprint density at radius 1 is 1.14 bits per heavy atom. The van der Waals surface area contributed by atoms with Gasteiger partial charge in [0, 0.05) is 5.54 Å². The molecule has 1 fully saturated rings. The van der Waals surface area contributed by atoms with Crippen molar-refractivity contribution in [2.24, 2.45) is 11.7 Å². The average Bonchev–Trinajstić information content (AvgIpc) is 2.47. The standard InChI is InChI=1S/C20H33N/c1-4-5-6-17-11-13-20(21,14-12-17)15-18-7-9-19(10-8-18)16(2)3/h7-10,16-17H,4-6,11-15,21H2,1-3H3. The highest BCUT2D eigenvalue weighted by atomic mass is 14.7. The van der Waals surface area contributed by atoms with Crippen LogP contribution in [0, 0.1) is 5.92 Å². The van der Waals surface area contributed by atoms with Gasteiger partial charge in [0.05, 0.1) is 0 Å². The van der Waals surface area contributed by atoms with Crippen LogP contribution in [-0.4, -0.2) is 5.54 Å². The maximum atomic E-state index is 6.68. The van der Waals surface area contributed by atoms with E-state index in [0.717, 1.165) is 12.3 Å². The van der Waals surface area contributed by atoms with Gasteiger partial charge in [0.25, 0.3) is 0 Å². The fraction of sp³-hybridized carbons (Fsp3) is 0.700. The molecule has 0 atom stereocenters. The molecule has 0 saturated heterocycles. The number of nitrogens with two attached hydrogens (primary N) is 1. The van der Waals surface area contributed by atoms with E-state index in [1.165, 1.54) is 56.1 Å². The highest BCUT2D eigenvalue weighted by Gasteiger charge is 2.31.